The summed E-state index contributed by atoms with van der Waals surface area (Å²) in [6.07, 6.45) is 0. The summed E-state index contributed by atoms with van der Waals surface area (Å²) in [5.74, 6) is 0. The van der Waals surface area contributed by atoms with Gasteiger partial charge in [-0.3, -0.25) is 0 Å². The van der Waals surface area contributed by atoms with Crippen LogP contribution in [0.2, 0.25) is 0 Å². The maximum absolute atomic E-state index is 3.54. The molecule has 0 aromatic heterocycles. The summed E-state index contributed by atoms with van der Waals surface area (Å²) >= 11 is 7.09. The first kappa shape index (κ1) is 20.0. The van der Waals surface area contributed by atoms with Gasteiger partial charge < -0.3 is 4.90 Å². The molecule has 150 valence electrons. The fourth-order valence-electron chi connectivity index (χ4n) is 3.80. The van der Waals surface area contributed by atoms with E-state index in [9.17, 15) is 0 Å². The van der Waals surface area contributed by atoms with Crippen molar-refractivity contribution in [2.75, 3.05) is 4.90 Å². The number of halogens is 2. The summed E-state index contributed by atoms with van der Waals surface area (Å²) in [4.78, 5) is 2.27. The highest BCUT2D eigenvalue weighted by Gasteiger charge is 2.12. The van der Waals surface area contributed by atoms with Gasteiger partial charge in [-0.15, -0.1) is 0 Å². The maximum Gasteiger partial charge on any atom is 0.0462 e. The van der Waals surface area contributed by atoms with E-state index in [4.69, 9.17) is 0 Å². The van der Waals surface area contributed by atoms with Gasteiger partial charge in [-0.1, -0.05) is 80.4 Å². The van der Waals surface area contributed by atoms with Crippen LogP contribution in [0, 0.1) is 0 Å². The van der Waals surface area contributed by atoms with E-state index in [0.29, 0.717) is 0 Å². The van der Waals surface area contributed by atoms with Crippen molar-refractivity contribution in [3.05, 3.63) is 124 Å². The first-order chi connectivity index (χ1) is 15.2. The van der Waals surface area contributed by atoms with Gasteiger partial charge in [0, 0.05) is 26.0 Å². The second-order valence-corrected chi connectivity index (χ2v) is 9.23. The Morgan fingerprint density at radius 1 is 0.419 bits per heavy atom. The lowest BCUT2D eigenvalue weighted by molar-refractivity contribution is 1.28. The standard InChI is InChI=1S/C28H19Br2N/c29-24-9-15-27(16-10-24)31(28-17-11-25(30)12-18-28)26-13-7-21(8-14-26)23-6-5-20-3-1-2-4-22(20)19-23/h1-19H. The summed E-state index contributed by atoms with van der Waals surface area (Å²) in [6.45, 7) is 0. The predicted molar refractivity (Wildman–Crippen MR) is 139 cm³/mol. The van der Waals surface area contributed by atoms with Gasteiger partial charge in [-0.25, -0.2) is 0 Å². The quantitative estimate of drug-likeness (QED) is 0.224. The Hall–Kier alpha value is -2.88. The maximum atomic E-state index is 3.54. The van der Waals surface area contributed by atoms with Gasteiger partial charge in [0.15, 0.2) is 0 Å². The average molecular weight is 529 g/mol. The molecule has 0 spiro atoms. The van der Waals surface area contributed by atoms with Crippen molar-refractivity contribution in [2.24, 2.45) is 0 Å². The van der Waals surface area contributed by atoms with Crippen molar-refractivity contribution in [2.45, 2.75) is 0 Å². The van der Waals surface area contributed by atoms with Crippen LogP contribution < -0.4 is 4.90 Å². The van der Waals surface area contributed by atoms with Gasteiger partial charge in [-0.05, 0) is 88.6 Å². The van der Waals surface area contributed by atoms with Crippen molar-refractivity contribution in [3.63, 3.8) is 0 Å². The predicted octanol–water partition coefficient (Wildman–Crippen LogP) is 9.50. The number of nitrogens with zero attached hydrogens (tertiary/aromatic N) is 1. The first-order valence-corrected chi connectivity index (χ1v) is 11.7. The molecule has 0 heterocycles. The molecule has 0 saturated heterocycles. The lowest BCUT2D eigenvalue weighted by atomic mass is 10.0. The molecule has 0 N–H and O–H groups in total. The highest BCUT2D eigenvalue weighted by molar-refractivity contribution is 9.10. The van der Waals surface area contributed by atoms with E-state index in [1.54, 1.807) is 0 Å². The molecule has 31 heavy (non-hydrogen) atoms. The summed E-state index contributed by atoms with van der Waals surface area (Å²) in [7, 11) is 0. The molecule has 0 aliphatic rings. The summed E-state index contributed by atoms with van der Waals surface area (Å²) in [5.41, 5.74) is 5.78. The Bertz CT molecular complexity index is 1280. The zero-order valence-corrected chi connectivity index (χ0v) is 19.8. The lowest BCUT2D eigenvalue weighted by Crippen LogP contribution is -2.09. The minimum atomic E-state index is 1.07. The molecule has 0 unspecified atom stereocenters. The van der Waals surface area contributed by atoms with Crippen LogP contribution in [-0.2, 0) is 0 Å². The van der Waals surface area contributed by atoms with Crippen LogP contribution >= 0.6 is 31.9 Å². The minimum Gasteiger partial charge on any atom is -0.311 e. The number of hydrogen-bond acceptors (Lipinski definition) is 1. The molecule has 0 aliphatic carbocycles. The molecule has 0 saturated carbocycles. The van der Waals surface area contributed by atoms with Gasteiger partial charge in [0.1, 0.15) is 0 Å². The van der Waals surface area contributed by atoms with E-state index in [-0.39, 0.29) is 0 Å². The normalized spacial score (nSPS) is 10.9. The molecular weight excluding hydrogens is 510 g/mol. The highest BCUT2D eigenvalue weighted by atomic mass is 79.9. The van der Waals surface area contributed by atoms with Gasteiger partial charge in [-0.2, -0.15) is 0 Å². The molecule has 0 radical (unpaired) electrons. The molecule has 5 aromatic carbocycles. The van der Waals surface area contributed by atoms with Gasteiger partial charge in [0.05, 0.1) is 0 Å². The van der Waals surface area contributed by atoms with Crippen LogP contribution in [-0.4, -0.2) is 0 Å². The first-order valence-electron chi connectivity index (χ1n) is 10.1. The Morgan fingerprint density at radius 3 is 1.42 bits per heavy atom. The molecule has 5 aromatic rings. The second kappa shape index (κ2) is 8.70. The van der Waals surface area contributed by atoms with Crippen LogP contribution in [0.25, 0.3) is 21.9 Å². The van der Waals surface area contributed by atoms with Gasteiger partial charge in [0.25, 0.3) is 0 Å². The van der Waals surface area contributed by atoms with E-state index in [2.05, 4.69) is 152 Å². The smallest absolute Gasteiger partial charge is 0.0462 e. The van der Waals surface area contributed by atoms with Crippen molar-refractivity contribution in [1.82, 2.24) is 0 Å². The largest absolute Gasteiger partial charge is 0.311 e. The van der Waals surface area contributed by atoms with Crippen molar-refractivity contribution >= 4 is 59.7 Å². The molecule has 5 rings (SSSR count). The molecular formula is C28H19Br2N. The highest BCUT2D eigenvalue weighted by Crippen LogP contribution is 2.36. The summed E-state index contributed by atoms with van der Waals surface area (Å²) in [5, 5.41) is 2.52. The Kier molecular flexibility index (Phi) is 5.63. The number of anilines is 3. The zero-order valence-electron chi connectivity index (χ0n) is 16.7. The summed E-state index contributed by atoms with van der Waals surface area (Å²) < 4.78 is 2.14. The van der Waals surface area contributed by atoms with Gasteiger partial charge in [0.2, 0.25) is 0 Å². The Balaban J connectivity index is 1.54. The average Bonchev–Trinajstić information content (AvgIpc) is 2.82. The van der Waals surface area contributed by atoms with Crippen molar-refractivity contribution in [3.8, 4) is 11.1 Å². The van der Waals surface area contributed by atoms with Crippen LogP contribution in [0.4, 0.5) is 17.1 Å². The number of hydrogen-bond donors (Lipinski definition) is 0. The van der Waals surface area contributed by atoms with Crippen LogP contribution in [0.3, 0.4) is 0 Å². The monoisotopic (exact) mass is 527 g/mol. The molecule has 0 amide bonds. The topological polar surface area (TPSA) is 3.24 Å². The van der Waals surface area contributed by atoms with Crippen LogP contribution in [0.1, 0.15) is 0 Å². The molecule has 0 atom stereocenters. The minimum absolute atomic E-state index is 1.07. The molecule has 0 aliphatic heterocycles. The van der Waals surface area contributed by atoms with Gasteiger partial charge >= 0.3 is 0 Å². The molecule has 1 nitrogen and oxygen atoms in total. The fourth-order valence-corrected chi connectivity index (χ4v) is 4.33. The molecule has 3 heteroatoms. The zero-order chi connectivity index (χ0) is 21.2. The van der Waals surface area contributed by atoms with Crippen molar-refractivity contribution < 1.29 is 0 Å². The third kappa shape index (κ3) is 4.30. The van der Waals surface area contributed by atoms with E-state index in [0.717, 1.165) is 26.0 Å². The van der Waals surface area contributed by atoms with E-state index in [1.165, 1.54) is 21.9 Å². The molecule has 0 bridgehead atoms. The SMILES string of the molecule is Brc1ccc(N(c2ccc(Br)cc2)c2ccc(-c3ccc4ccccc4c3)cc2)cc1. The van der Waals surface area contributed by atoms with Crippen LogP contribution in [0.5, 0.6) is 0 Å². The number of fused-ring (bicyclic) bond motifs is 1. The molecule has 0 fully saturated rings. The third-order valence-corrected chi connectivity index (χ3v) is 6.44. The van der Waals surface area contributed by atoms with E-state index in [1.807, 2.05) is 0 Å². The fraction of sp³-hybridized carbons (Fsp3) is 0. The number of rotatable bonds is 4. The summed E-state index contributed by atoms with van der Waals surface area (Å²) in [6, 6.07) is 40.7. The Labute approximate surface area is 199 Å². The van der Waals surface area contributed by atoms with E-state index >= 15 is 0 Å². The lowest BCUT2D eigenvalue weighted by Gasteiger charge is -2.25. The van der Waals surface area contributed by atoms with E-state index < -0.39 is 0 Å². The second-order valence-electron chi connectivity index (χ2n) is 7.40. The van der Waals surface area contributed by atoms with Crippen LogP contribution in [0.15, 0.2) is 124 Å². The van der Waals surface area contributed by atoms with Crippen molar-refractivity contribution in [1.29, 1.82) is 0 Å². The number of benzene rings is 5. The third-order valence-electron chi connectivity index (χ3n) is 5.38. The Morgan fingerprint density at radius 2 is 0.871 bits per heavy atom.